The van der Waals surface area contributed by atoms with E-state index in [-0.39, 0.29) is 11.9 Å². The molecule has 2 aromatic heterocycles. The number of amides is 1. The van der Waals surface area contributed by atoms with Gasteiger partial charge in [0.15, 0.2) is 5.82 Å². The summed E-state index contributed by atoms with van der Waals surface area (Å²) in [5.74, 6) is 2.17. The highest BCUT2D eigenvalue weighted by Gasteiger charge is 2.25. The third-order valence-corrected chi connectivity index (χ3v) is 4.31. The summed E-state index contributed by atoms with van der Waals surface area (Å²) in [6.07, 6.45) is 5.87. The number of furan rings is 1. The molecule has 0 unspecified atom stereocenters. The van der Waals surface area contributed by atoms with Gasteiger partial charge in [-0.2, -0.15) is 4.98 Å². The van der Waals surface area contributed by atoms with Crippen LogP contribution in [0.5, 0.6) is 0 Å². The van der Waals surface area contributed by atoms with Crippen LogP contribution in [0.3, 0.4) is 0 Å². The first-order valence-electron chi connectivity index (χ1n) is 8.56. The monoisotopic (exact) mass is 332 g/mol. The molecule has 0 spiro atoms. The molecular weight excluding hydrogens is 308 g/mol. The molecule has 1 N–H and O–H groups in total. The first-order valence-corrected chi connectivity index (χ1v) is 8.56. The van der Waals surface area contributed by atoms with Crippen molar-refractivity contribution in [2.45, 2.75) is 45.1 Å². The number of likely N-dealkylation sites (tertiary alicyclic amines) is 1. The molecule has 1 aliphatic rings. The maximum Gasteiger partial charge on any atom is 0.226 e. The number of hydrogen-bond donors (Lipinski definition) is 1. The molecule has 1 atom stereocenters. The molecule has 3 heterocycles. The van der Waals surface area contributed by atoms with Crippen molar-refractivity contribution in [3.8, 4) is 0 Å². The van der Waals surface area contributed by atoms with Gasteiger partial charge in [-0.15, -0.1) is 0 Å². The zero-order valence-electron chi connectivity index (χ0n) is 14.0. The largest absolute Gasteiger partial charge is 0.468 e. The molecular formula is C17H24N4O3. The second-order valence-corrected chi connectivity index (χ2v) is 6.17. The van der Waals surface area contributed by atoms with E-state index in [0.29, 0.717) is 37.5 Å². The average Bonchev–Trinajstić information content (AvgIpc) is 3.30. The molecule has 0 aromatic carbocycles. The van der Waals surface area contributed by atoms with Crippen LogP contribution < -0.4 is 5.32 Å². The molecule has 7 heteroatoms. The summed E-state index contributed by atoms with van der Waals surface area (Å²) >= 11 is 0. The molecule has 1 amide bonds. The first-order chi connectivity index (χ1) is 11.7. The normalized spacial score (nSPS) is 16.4. The second kappa shape index (κ2) is 8.10. The van der Waals surface area contributed by atoms with Gasteiger partial charge in [-0.1, -0.05) is 5.16 Å². The van der Waals surface area contributed by atoms with Gasteiger partial charge in [0.25, 0.3) is 0 Å². The van der Waals surface area contributed by atoms with Gasteiger partial charge in [-0.25, -0.2) is 0 Å². The average molecular weight is 332 g/mol. The Morgan fingerprint density at radius 2 is 2.25 bits per heavy atom. The van der Waals surface area contributed by atoms with Crippen molar-refractivity contribution >= 4 is 5.91 Å². The topological polar surface area (TPSA) is 84.4 Å². The molecule has 3 rings (SSSR count). The van der Waals surface area contributed by atoms with Crippen LogP contribution in [-0.4, -0.2) is 40.6 Å². The summed E-state index contributed by atoms with van der Waals surface area (Å²) in [6, 6.07) is 3.99. The van der Waals surface area contributed by atoms with Gasteiger partial charge >= 0.3 is 0 Å². The quantitative estimate of drug-likeness (QED) is 0.798. The number of nitrogens with zero attached hydrogens (tertiary/aromatic N) is 3. The molecule has 0 saturated carbocycles. The zero-order valence-corrected chi connectivity index (χ0v) is 14.0. The third kappa shape index (κ3) is 4.44. The summed E-state index contributed by atoms with van der Waals surface area (Å²) in [5.41, 5.74) is 0. The molecule has 0 bridgehead atoms. The zero-order chi connectivity index (χ0) is 16.8. The number of aryl methyl sites for hydroxylation is 2. The minimum absolute atomic E-state index is 0.0435. The van der Waals surface area contributed by atoms with Crippen LogP contribution in [-0.2, 0) is 11.2 Å². The van der Waals surface area contributed by atoms with Crippen molar-refractivity contribution in [2.24, 2.45) is 0 Å². The standard InChI is InChI=1S/C17H24N4O3/c1-13-19-17(24-20-13)8-4-7-16(22)18-12-14(15-6-5-11-23-15)21-9-2-3-10-21/h5-6,11,14H,2-4,7-10,12H2,1H3,(H,18,22)/t14-/m1/s1. The van der Waals surface area contributed by atoms with Crippen molar-refractivity contribution in [2.75, 3.05) is 19.6 Å². The van der Waals surface area contributed by atoms with Gasteiger partial charge in [0.05, 0.1) is 12.3 Å². The lowest BCUT2D eigenvalue weighted by atomic mass is 10.2. The van der Waals surface area contributed by atoms with Gasteiger partial charge in [-0.05, 0) is 51.4 Å². The van der Waals surface area contributed by atoms with E-state index < -0.39 is 0 Å². The Kier molecular flexibility index (Phi) is 5.63. The fourth-order valence-electron chi connectivity index (χ4n) is 3.08. The number of aromatic nitrogens is 2. The number of hydrogen-bond acceptors (Lipinski definition) is 6. The van der Waals surface area contributed by atoms with Gasteiger partial charge in [0, 0.05) is 19.4 Å². The van der Waals surface area contributed by atoms with Crippen molar-refractivity contribution in [1.29, 1.82) is 0 Å². The Balaban J connectivity index is 1.44. The SMILES string of the molecule is Cc1noc(CCCC(=O)NC[C@H](c2ccco2)N2CCCC2)n1. The second-order valence-electron chi connectivity index (χ2n) is 6.17. The molecule has 1 saturated heterocycles. The molecule has 1 fully saturated rings. The highest BCUT2D eigenvalue weighted by Crippen LogP contribution is 2.24. The van der Waals surface area contributed by atoms with Gasteiger partial charge in [0.2, 0.25) is 11.8 Å². The number of carbonyl (C=O) groups excluding carboxylic acids is 1. The van der Waals surface area contributed by atoms with E-state index in [0.717, 1.165) is 18.8 Å². The van der Waals surface area contributed by atoms with Gasteiger partial charge in [-0.3, -0.25) is 9.69 Å². The first kappa shape index (κ1) is 16.7. The minimum atomic E-state index is 0.0435. The van der Waals surface area contributed by atoms with E-state index in [2.05, 4.69) is 20.4 Å². The summed E-state index contributed by atoms with van der Waals surface area (Å²) in [5, 5.41) is 6.78. The predicted octanol–water partition coefficient (Wildman–Crippen LogP) is 2.25. The Bertz CT molecular complexity index is 632. The van der Waals surface area contributed by atoms with Crippen LogP contribution >= 0.6 is 0 Å². The highest BCUT2D eigenvalue weighted by atomic mass is 16.5. The van der Waals surface area contributed by atoms with E-state index in [4.69, 9.17) is 8.94 Å². The van der Waals surface area contributed by atoms with E-state index >= 15 is 0 Å². The van der Waals surface area contributed by atoms with E-state index in [1.165, 1.54) is 12.8 Å². The van der Waals surface area contributed by atoms with Crippen LogP contribution in [0.4, 0.5) is 0 Å². The van der Waals surface area contributed by atoms with E-state index in [1.807, 2.05) is 12.1 Å². The Morgan fingerprint density at radius 1 is 1.42 bits per heavy atom. The molecule has 1 aliphatic heterocycles. The maximum atomic E-state index is 12.1. The van der Waals surface area contributed by atoms with Crippen LogP contribution in [0.15, 0.2) is 27.3 Å². The molecule has 24 heavy (non-hydrogen) atoms. The highest BCUT2D eigenvalue weighted by molar-refractivity contribution is 5.75. The van der Waals surface area contributed by atoms with E-state index in [9.17, 15) is 4.79 Å². The predicted molar refractivity (Wildman–Crippen MR) is 87.2 cm³/mol. The Morgan fingerprint density at radius 3 is 2.92 bits per heavy atom. The van der Waals surface area contributed by atoms with Crippen molar-refractivity contribution < 1.29 is 13.7 Å². The van der Waals surface area contributed by atoms with Gasteiger partial charge < -0.3 is 14.3 Å². The van der Waals surface area contributed by atoms with Crippen molar-refractivity contribution in [1.82, 2.24) is 20.4 Å². The number of rotatable bonds is 8. The van der Waals surface area contributed by atoms with Crippen molar-refractivity contribution in [3.05, 3.63) is 35.9 Å². The molecule has 0 aliphatic carbocycles. The van der Waals surface area contributed by atoms with Crippen LogP contribution in [0, 0.1) is 6.92 Å². The number of nitrogens with one attached hydrogen (secondary N) is 1. The lowest BCUT2D eigenvalue weighted by Crippen LogP contribution is -2.36. The van der Waals surface area contributed by atoms with Crippen LogP contribution in [0.25, 0.3) is 0 Å². The lowest BCUT2D eigenvalue weighted by Gasteiger charge is -2.26. The van der Waals surface area contributed by atoms with E-state index in [1.54, 1.807) is 13.2 Å². The summed E-state index contributed by atoms with van der Waals surface area (Å²) < 4.78 is 10.6. The molecule has 0 radical (unpaired) electrons. The number of carbonyl (C=O) groups is 1. The lowest BCUT2D eigenvalue weighted by molar-refractivity contribution is -0.121. The maximum absolute atomic E-state index is 12.1. The van der Waals surface area contributed by atoms with Gasteiger partial charge in [0.1, 0.15) is 5.76 Å². The fraction of sp³-hybridized carbons (Fsp3) is 0.588. The summed E-state index contributed by atoms with van der Waals surface area (Å²) in [4.78, 5) is 18.6. The smallest absolute Gasteiger partial charge is 0.226 e. The molecule has 7 nitrogen and oxygen atoms in total. The fourth-order valence-corrected chi connectivity index (χ4v) is 3.08. The Labute approximate surface area is 141 Å². The molecule has 2 aromatic rings. The Hall–Kier alpha value is -2.15. The third-order valence-electron chi connectivity index (χ3n) is 4.31. The van der Waals surface area contributed by atoms with Crippen molar-refractivity contribution in [3.63, 3.8) is 0 Å². The summed E-state index contributed by atoms with van der Waals surface area (Å²) in [6.45, 7) is 4.47. The molecule has 130 valence electrons. The summed E-state index contributed by atoms with van der Waals surface area (Å²) in [7, 11) is 0. The minimum Gasteiger partial charge on any atom is -0.468 e. The van der Waals surface area contributed by atoms with Crippen LogP contribution in [0.1, 0.15) is 49.2 Å². The van der Waals surface area contributed by atoms with Crippen LogP contribution in [0.2, 0.25) is 0 Å².